The summed E-state index contributed by atoms with van der Waals surface area (Å²) in [6, 6.07) is 4.11. The van der Waals surface area contributed by atoms with Gasteiger partial charge in [0.05, 0.1) is 17.4 Å². The molecular formula is C13H16N2OS. The van der Waals surface area contributed by atoms with Gasteiger partial charge in [-0.15, -0.1) is 11.3 Å². The van der Waals surface area contributed by atoms with Crippen LogP contribution in [0.2, 0.25) is 0 Å². The second-order valence-electron chi connectivity index (χ2n) is 4.54. The molecule has 1 aromatic rings. The Hall–Kier alpha value is -1.34. The molecule has 0 bridgehead atoms. The molecule has 90 valence electrons. The van der Waals surface area contributed by atoms with Crippen molar-refractivity contribution in [1.82, 2.24) is 4.90 Å². The molecule has 17 heavy (non-hydrogen) atoms. The van der Waals surface area contributed by atoms with Crippen molar-refractivity contribution in [2.45, 2.75) is 38.6 Å². The van der Waals surface area contributed by atoms with Gasteiger partial charge in [0.2, 0.25) is 0 Å². The van der Waals surface area contributed by atoms with Crippen LogP contribution in [0.25, 0.3) is 0 Å². The van der Waals surface area contributed by atoms with Crippen LogP contribution in [0.3, 0.4) is 0 Å². The lowest BCUT2D eigenvalue weighted by Gasteiger charge is -2.22. The van der Waals surface area contributed by atoms with Gasteiger partial charge in [-0.25, -0.2) is 0 Å². The number of nitriles is 1. The van der Waals surface area contributed by atoms with Crippen LogP contribution in [-0.4, -0.2) is 23.9 Å². The highest BCUT2D eigenvalue weighted by Gasteiger charge is 2.22. The number of fused-ring (bicyclic) bond motifs is 1. The maximum absolute atomic E-state index is 12.2. The summed E-state index contributed by atoms with van der Waals surface area (Å²) in [4.78, 5) is 16.1. The monoisotopic (exact) mass is 248 g/mol. The standard InChI is InChI=1S/C13H16N2OS/c1-9(6-7-14)15(2)13(16)12-8-10-4-3-5-11(10)17-12/h8-9H,3-6H2,1-2H3. The van der Waals surface area contributed by atoms with Crippen molar-refractivity contribution < 1.29 is 4.79 Å². The lowest BCUT2D eigenvalue weighted by atomic mass is 10.2. The van der Waals surface area contributed by atoms with Crippen LogP contribution in [-0.2, 0) is 12.8 Å². The van der Waals surface area contributed by atoms with E-state index in [2.05, 4.69) is 6.07 Å². The molecule has 0 radical (unpaired) electrons. The number of rotatable bonds is 3. The van der Waals surface area contributed by atoms with Crippen molar-refractivity contribution in [3.8, 4) is 6.07 Å². The molecule has 0 aliphatic heterocycles. The Morgan fingerprint density at radius 1 is 1.65 bits per heavy atom. The summed E-state index contributed by atoms with van der Waals surface area (Å²) in [6.45, 7) is 1.91. The van der Waals surface area contributed by atoms with Gasteiger partial charge in [0.25, 0.3) is 5.91 Å². The molecule has 0 saturated heterocycles. The summed E-state index contributed by atoms with van der Waals surface area (Å²) < 4.78 is 0. The predicted molar refractivity (Wildman–Crippen MR) is 68.1 cm³/mol. The SMILES string of the molecule is CC(CC#N)N(C)C(=O)c1cc2c(s1)CCC2. The smallest absolute Gasteiger partial charge is 0.263 e. The Morgan fingerprint density at radius 3 is 3.06 bits per heavy atom. The third-order valence-electron chi connectivity index (χ3n) is 3.33. The molecular weight excluding hydrogens is 232 g/mol. The number of thiophene rings is 1. The van der Waals surface area contributed by atoms with Gasteiger partial charge in [0.1, 0.15) is 0 Å². The quantitative estimate of drug-likeness (QED) is 0.825. The molecule has 0 fully saturated rings. The largest absolute Gasteiger partial charge is 0.337 e. The van der Waals surface area contributed by atoms with Crippen LogP contribution in [0.15, 0.2) is 6.07 Å². The summed E-state index contributed by atoms with van der Waals surface area (Å²) in [7, 11) is 1.77. The average molecular weight is 248 g/mol. The van der Waals surface area contributed by atoms with Gasteiger partial charge in [0.15, 0.2) is 0 Å². The van der Waals surface area contributed by atoms with E-state index in [1.54, 1.807) is 23.3 Å². The summed E-state index contributed by atoms with van der Waals surface area (Å²) >= 11 is 1.62. The number of nitrogens with zero attached hydrogens (tertiary/aromatic N) is 2. The van der Waals surface area contributed by atoms with E-state index in [4.69, 9.17) is 5.26 Å². The summed E-state index contributed by atoms with van der Waals surface area (Å²) in [6.07, 6.45) is 3.82. The first kappa shape index (κ1) is 12.1. The molecule has 1 unspecified atom stereocenters. The molecule has 2 rings (SSSR count). The van der Waals surface area contributed by atoms with Crippen LogP contribution in [0.5, 0.6) is 0 Å². The lowest BCUT2D eigenvalue weighted by Crippen LogP contribution is -2.34. The van der Waals surface area contributed by atoms with Gasteiger partial charge in [-0.2, -0.15) is 5.26 Å². The summed E-state index contributed by atoms with van der Waals surface area (Å²) in [5.41, 5.74) is 1.35. The normalized spacial score (nSPS) is 15.1. The summed E-state index contributed by atoms with van der Waals surface area (Å²) in [5, 5.41) is 8.65. The van der Waals surface area contributed by atoms with E-state index in [1.807, 2.05) is 13.0 Å². The molecule has 1 aliphatic carbocycles. The third kappa shape index (κ3) is 2.34. The van der Waals surface area contributed by atoms with E-state index < -0.39 is 0 Å². The van der Waals surface area contributed by atoms with Crippen LogP contribution in [0.1, 0.15) is 39.9 Å². The first-order chi connectivity index (χ1) is 8.13. The van der Waals surface area contributed by atoms with Crippen molar-refractivity contribution in [2.75, 3.05) is 7.05 Å². The molecule has 1 aromatic heterocycles. The van der Waals surface area contributed by atoms with Crippen molar-refractivity contribution in [2.24, 2.45) is 0 Å². The van der Waals surface area contributed by atoms with Crippen molar-refractivity contribution >= 4 is 17.2 Å². The molecule has 0 spiro atoms. The lowest BCUT2D eigenvalue weighted by molar-refractivity contribution is 0.0751. The molecule has 4 heteroatoms. The Balaban J connectivity index is 2.11. The minimum Gasteiger partial charge on any atom is -0.337 e. The second-order valence-corrected chi connectivity index (χ2v) is 5.68. The van der Waals surface area contributed by atoms with E-state index in [1.165, 1.54) is 16.9 Å². The van der Waals surface area contributed by atoms with Crippen LogP contribution < -0.4 is 0 Å². The van der Waals surface area contributed by atoms with E-state index in [0.717, 1.165) is 17.7 Å². The fourth-order valence-electron chi connectivity index (χ4n) is 2.08. The van der Waals surface area contributed by atoms with Crippen LogP contribution in [0, 0.1) is 11.3 Å². The Morgan fingerprint density at radius 2 is 2.41 bits per heavy atom. The Labute approximate surface area is 106 Å². The fraction of sp³-hybridized carbons (Fsp3) is 0.538. The van der Waals surface area contributed by atoms with E-state index in [9.17, 15) is 4.79 Å². The highest BCUT2D eigenvalue weighted by atomic mass is 32.1. The molecule has 1 amide bonds. The topological polar surface area (TPSA) is 44.1 Å². The van der Waals surface area contributed by atoms with E-state index >= 15 is 0 Å². The number of hydrogen-bond donors (Lipinski definition) is 0. The van der Waals surface area contributed by atoms with Gasteiger partial charge >= 0.3 is 0 Å². The zero-order chi connectivity index (χ0) is 12.4. The minimum absolute atomic E-state index is 0.0237. The van der Waals surface area contributed by atoms with E-state index in [0.29, 0.717) is 6.42 Å². The number of carbonyl (C=O) groups is 1. The molecule has 1 heterocycles. The Bertz CT molecular complexity index is 451. The van der Waals surface area contributed by atoms with Crippen molar-refractivity contribution in [3.05, 3.63) is 21.4 Å². The number of amides is 1. The highest BCUT2D eigenvalue weighted by Crippen LogP contribution is 2.31. The maximum Gasteiger partial charge on any atom is 0.263 e. The first-order valence-corrected chi connectivity index (χ1v) is 6.71. The summed E-state index contributed by atoms with van der Waals surface area (Å²) in [5.74, 6) is 0.0483. The number of hydrogen-bond acceptors (Lipinski definition) is 3. The van der Waals surface area contributed by atoms with E-state index in [-0.39, 0.29) is 11.9 Å². The van der Waals surface area contributed by atoms with Crippen LogP contribution in [0.4, 0.5) is 0 Å². The fourth-order valence-corrected chi connectivity index (χ4v) is 3.31. The molecule has 0 saturated carbocycles. The average Bonchev–Trinajstić information content (AvgIpc) is 2.87. The predicted octanol–water partition coefficient (Wildman–Crippen LogP) is 2.61. The number of carbonyl (C=O) groups excluding carboxylic acids is 1. The van der Waals surface area contributed by atoms with Gasteiger partial charge in [0, 0.05) is 18.0 Å². The number of aryl methyl sites for hydroxylation is 2. The zero-order valence-corrected chi connectivity index (χ0v) is 11.0. The molecule has 0 aromatic carbocycles. The highest BCUT2D eigenvalue weighted by molar-refractivity contribution is 7.14. The van der Waals surface area contributed by atoms with Crippen molar-refractivity contribution in [1.29, 1.82) is 5.26 Å². The van der Waals surface area contributed by atoms with Crippen LogP contribution >= 0.6 is 11.3 Å². The molecule has 1 aliphatic rings. The third-order valence-corrected chi connectivity index (χ3v) is 4.55. The maximum atomic E-state index is 12.2. The van der Waals surface area contributed by atoms with Gasteiger partial charge in [-0.05, 0) is 37.8 Å². The van der Waals surface area contributed by atoms with Crippen molar-refractivity contribution in [3.63, 3.8) is 0 Å². The molecule has 1 atom stereocenters. The zero-order valence-electron chi connectivity index (χ0n) is 10.2. The van der Waals surface area contributed by atoms with Gasteiger partial charge < -0.3 is 4.90 Å². The van der Waals surface area contributed by atoms with Gasteiger partial charge in [-0.1, -0.05) is 0 Å². The van der Waals surface area contributed by atoms with Gasteiger partial charge in [-0.3, -0.25) is 4.79 Å². The Kier molecular flexibility index (Phi) is 3.49. The molecule has 3 nitrogen and oxygen atoms in total. The molecule has 0 N–H and O–H groups in total. The second kappa shape index (κ2) is 4.89. The minimum atomic E-state index is -0.0237. The first-order valence-electron chi connectivity index (χ1n) is 5.89.